The first-order valence-electron chi connectivity index (χ1n) is 9.85. The SMILES string of the molecule is COc1ccc(CC(NC2CCC(C(=O)O)CC2)c2ccccc2)cc1OC. The second-order valence-corrected chi connectivity index (χ2v) is 7.41. The number of rotatable bonds is 8. The van der Waals surface area contributed by atoms with Crippen LogP contribution in [0.2, 0.25) is 0 Å². The van der Waals surface area contributed by atoms with Gasteiger partial charge in [-0.1, -0.05) is 36.4 Å². The van der Waals surface area contributed by atoms with E-state index in [1.54, 1.807) is 14.2 Å². The van der Waals surface area contributed by atoms with E-state index >= 15 is 0 Å². The second kappa shape index (κ2) is 9.60. The lowest BCUT2D eigenvalue weighted by atomic mass is 9.85. The van der Waals surface area contributed by atoms with Crippen LogP contribution in [0.1, 0.15) is 42.9 Å². The maximum absolute atomic E-state index is 11.2. The van der Waals surface area contributed by atoms with Crippen LogP contribution in [-0.4, -0.2) is 31.3 Å². The monoisotopic (exact) mass is 383 g/mol. The highest BCUT2D eigenvalue weighted by atomic mass is 16.5. The molecule has 0 heterocycles. The highest BCUT2D eigenvalue weighted by molar-refractivity contribution is 5.70. The second-order valence-electron chi connectivity index (χ2n) is 7.41. The van der Waals surface area contributed by atoms with E-state index in [0.717, 1.165) is 43.6 Å². The maximum atomic E-state index is 11.2. The molecular weight excluding hydrogens is 354 g/mol. The molecule has 0 spiro atoms. The van der Waals surface area contributed by atoms with E-state index in [-0.39, 0.29) is 12.0 Å². The molecule has 0 radical (unpaired) electrons. The Bertz CT molecular complexity index is 769. The Kier molecular flexibility index (Phi) is 6.93. The fraction of sp³-hybridized carbons (Fsp3) is 0.435. The molecule has 0 saturated heterocycles. The Morgan fingerprint density at radius 1 is 1.04 bits per heavy atom. The Balaban J connectivity index is 1.74. The summed E-state index contributed by atoms with van der Waals surface area (Å²) in [5.41, 5.74) is 2.40. The van der Waals surface area contributed by atoms with Crippen LogP contribution in [0.25, 0.3) is 0 Å². The van der Waals surface area contributed by atoms with Crippen LogP contribution in [0.15, 0.2) is 48.5 Å². The number of aliphatic carboxylic acids is 1. The minimum absolute atomic E-state index is 0.158. The van der Waals surface area contributed by atoms with Crippen molar-refractivity contribution in [2.24, 2.45) is 5.92 Å². The van der Waals surface area contributed by atoms with Gasteiger partial charge in [0.1, 0.15) is 0 Å². The largest absolute Gasteiger partial charge is 0.493 e. The first-order chi connectivity index (χ1) is 13.6. The molecule has 0 amide bonds. The zero-order chi connectivity index (χ0) is 19.9. The molecule has 1 saturated carbocycles. The summed E-state index contributed by atoms with van der Waals surface area (Å²) in [5.74, 6) is 0.596. The molecular formula is C23H29NO4. The summed E-state index contributed by atoms with van der Waals surface area (Å²) >= 11 is 0. The third-order valence-electron chi connectivity index (χ3n) is 5.60. The third-order valence-corrected chi connectivity index (χ3v) is 5.60. The van der Waals surface area contributed by atoms with E-state index in [0.29, 0.717) is 6.04 Å². The molecule has 0 bridgehead atoms. The number of benzene rings is 2. The molecule has 0 aliphatic heterocycles. The zero-order valence-electron chi connectivity index (χ0n) is 16.6. The fourth-order valence-corrected chi connectivity index (χ4v) is 3.99. The van der Waals surface area contributed by atoms with Gasteiger partial charge >= 0.3 is 5.97 Å². The van der Waals surface area contributed by atoms with Crippen molar-refractivity contribution in [1.29, 1.82) is 0 Å². The van der Waals surface area contributed by atoms with Gasteiger partial charge in [-0.3, -0.25) is 4.79 Å². The summed E-state index contributed by atoms with van der Waals surface area (Å²) in [5, 5.41) is 13.0. The normalized spacial score (nSPS) is 20.4. The summed E-state index contributed by atoms with van der Waals surface area (Å²) in [4.78, 5) is 11.2. The maximum Gasteiger partial charge on any atom is 0.306 e. The molecule has 1 fully saturated rings. The molecule has 2 aromatic carbocycles. The van der Waals surface area contributed by atoms with E-state index in [4.69, 9.17) is 9.47 Å². The predicted octanol–water partition coefficient (Wildman–Crippen LogP) is 4.22. The van der Waals surface area contributed by atoms with Gasteiger partial charge in [0, 0.05) is 12.1 Å². The van der Waals surface area contributed by atoms with Gasteiger partial charge in [-0.05, 0) is 55.4 Å². The summed E-state index contributed by atoms with van der Waals surface area (Å²) in [6, 6.07) is 16.9. The van der Waals surface area contributed by atoms with Crippen molar-refractivity contribution in [3.8, 4) is 11.5 Å². The standard InChI is InChI=1S/C23H29NO4/c1-27-21-13-8-16(15-22(21)28-2)14-20(17-6-4-3-5-7-17)24-19-11-9-18(10-12-19)23(25)26/h3-8,13,15,18-20,24H,9-12,14H2,1-2H3,(H,25,26). The molecule has 1 aliphatic rings. The molecule has 1 aliphatic carbocycles. The van der Waals surface area contributed by atoms with E-state index in [9.17, 15) is 9.90 Å². The van der Waals surface area contributed by atoms with Crippen LogP contribution in [0.5, 0.6) is 11.5 Å². The number of carbonyl (C=O) groups is 1. The predicted molar refractivity (Wildman–Crippen MR) is 109 cm³/mol. The van der Waals surface area contributed by atoms with Gasteiger partial charge in [-0.2, -0.15) is 0 Å². The lowest BCUT2D eigenvalue weighted by Crippen LogP contribution is -2.38. The lowest BCUT2D eigenvalue weighted by molar-refractivity contribution is -0.142. The van der Waals surface area contributed by atoms with Crippen molar-refractivity contribution in [1.82, 2.24) is 5.32 Å². The third kappa shape index (κ3) is 5.04. The van der Waals surface area contributed by atoms with Crippen molar-refractivity contribution in [2.75, 3.05) is 14.2 Å². The highest BCUT2D eigenvalue weighted by Gasteiger charge is 2.27. The van der Waals surface area contributed by atoms with Gasteiger partial charge in [0.2, 0.25) is 0 Å². The Morgan fingerprint density at radius 2 is 1.71 bits per heavy atom. The van der Waals surface area contributed by atoms with Gasteiger partial charge in [-0.25, -0.2) is 0 Å². The van der Waals surface area contributed by atoms with Crippen LogP contribution in [0.3, 0.4) is 0 Å². The van der Waals surface area contributed by atoms with E-state index in [1.807, 2.05) is 18.2 Å². The van der Waals surface area contributed by atoms with Gasteiger partial charge in [0.15, 0.2) is 11.5 Å². The number of nitrogens with one attached hydrogen (secondary N) is 1. The lowest BCUT2D eigenvalue weighted by Gasteiger charge is -2.31. The van der Waals surface area contributed by atoms with Gasteiger partial charge in [0.25, 0.3) is 0 Å². The number of hydrogen-bond donors (Lipinski definition) is 2. The topological polar surface area (TPSA) is 67.8 Å². The molecule has 1 unspecified atom stereocenters. The molecule has 5 heteroatoms. The average Bonchev–Trinajstić information content (AvgIpc) is 2.74. The molecule has 28 heavy (non-hydrogen) atoms. The molecule has 2 aromatic rings. The zero-order valence-corrected chi connectivity index (χ0v) is 16.6. The Labute approximate surface area is 166 Å². The quantitative estimate of drug-likeness (QED) is 0.714. The van der Waals surface area contributed by atoms with Crippen LogP contribution < -0.4 is 14.8 Å². The summed E-state index contributed by atoms with van der Waals surface area (Å²) < 4.78 is 10.8. The Hall–Kier alpha value is -2.53. The first-order valence-corrected chi connectivity index (χ1v) is 9.85. The fourth-order valence-electron chi connectivity index (χ4n) is 3.99. The molecule has 150 valence electrons. The summed E-state index contributed by atoms with van der Waals surface area (Å²) in [7, 11) is 3.29. The van der Waals surface area contributed by atoms with E-state index < -0.39 is 5.97 Å². The molecule has 2 N–H and O–H groups in total. The van der Waals surface area contributed by atoms with Gasteiger partial charge in [-0.15, -0.1) is 0 Å². The van der Waals surface area contributed by atoms with Crippen LogP contribution >= 0.6 is 0 Å². The average molecular weight is 383 g/mol. The van der Waals surface area contributed by atoms with E-state index in [2.05, 4.69) is 35.6 Å². The van der Waals surface area contributed by atoms with Crippen LogP contribution in [-0.2, 0) is 11.2 Å². The van der Waals surface area contributed by atoms with Gasteiger partial charge < -0.3 is 19.9 Å². The summed E-state index contributed by atoms with van der Waals surface area (Å²) in [6.07, 6.45) is 4.09. The molecule has 1 atom stereocenters. The molecule has 5 nitrogen and oxygen atoms in total. The van der Waals surface area contributed by atoms with Crippen LogP contribution in [0.4, 0.5) is 0 Å². The van der Waals surface area contributed by atoms with Crippen molar-refractivity contribution >= 4 is 5.97 Å². The number of ether oxygens (including phenoxy) is 2. The van der Waals surface area contributed by atoms with Crippen molar-refractivity contribution in [3.05, 3.63) is 59.7 Å². The molecule has 0 aromatic heterocycles. The van der Waals surface area contributed by atoms with Crippen LogP contribution in [0, 0.1) is 5.92 Å². The van der Waals surface area contributed by atoms with Gasteiger partial charge in [0.05, 0.1) is 20.1 Å². The number of hydrogen-bond acceptors (Lipinski definition) is 4. The highest BCUT2D eigenvalue weighted by Crippen LogP contribution is 2.31. The number of carboxylic acid groups (broad SMARTS) is 1. The smallest absolute Gasteiger partial charge is 0.306 e. The van der Waals surface area contributed by atoms with Crippen molar-refractivity contribution in [2.45, 2.75) is 44.2 Å². The number of methoxy groups -OCH3 is 2. The van der Waals surface area contributed by atoms with E-state index in [1.165, 1.54) is 11.1 Å². The first kappa shape index (κ1) is 20.2. The minimum atomic E-state index is -0.664. The molecule has 3 rings (SSSR count). The van der Waals surface area contributed by atoms with Crippen molar-refractivity contribution in [3.63, 3.8) is 0 Å². The number of carboxylic acids is 1. The Morgan fingerprint density at radius 3 is 2.32 bits per heavy atom. The van der Waals surface area contributed by atoms with Crippen molar-refractivity contribution < 1.29 is 19.4 Å². The minimum Gasteiger partial charge on any atom is -0.493 e. The summed E-state index contributed by atoms with van der Waals surface area (Å²) in [6.45, 7) is 0.